The standard InChI is InChI=1S/C14H19N3O2S/c1-17-4-5-18-12(10-17)9-15-8-11-7-13(19-16-11)14-3-2-6-20-14/h2-3,6-7,12,15H,4-5,8-10H2,1H3/t12-/m0/s1. The van der Waals surface area contributed by atoms with Crippen molar-refractivity contribution in [2.45, 2.75) is 12.6 Å². The zero-order valence-electron chi connectivity index (χ0n) is 11.5. The molecular formula is C14H19N3O2S. The van der Waals surface area contributed by atoms with Crippen LogP contribution in [0.25, 0.3) is 10.6 Å². The van der Waals surface area contributed by atoms with E-state index < -0.39 is 0 Å². The SMILES string of the molecule is CN1CCO[C@@H](CNCc2cc(-c3cccs3)on2)C1. The van der Waals surface area contributed by atoms with E-state index in [1.807, 2.05) is 23.6 Å². The lowest BCUT2D eigenvalue weighted by Crippen LogP contribution is -2.44. The van der Waals surface area contributed by atoms with E-state index in [2.05, 4.69) is 22.4 Å². The van der Waals surface area contributed by atoms with Gasteiger partial charge in [-0.05, 0) is 18.5 Å². The van der Waals surface area contributed by atoms with Gasteiger partial charge in [-0.2, -0.15) is 0 Å². The van der Waals surface area contributed by atoms with Gasteiger partial charge in [-0.1, -0.05) is 11.2 Å². The molecule has 1 N–H and O–H groups in total. The van der Waals surface area contributed by atoms with E-state index in [-0.39, 0.29) is 6.10 Å². The minimum atomic E-state index is 0.261. The van der Waals surface area contributed by atoms with Crippen molar-refractivity contribution >= 4 is 11.3 Å². The zero-order chi connectivity index (χ0) is 13.8. The van der Waals surface area contributed by atoms with E-state index in [1.165, 1.54) is 0 Å². The van der Waals surface area contributed by atoms with Crippen molar-refractivity contribution in [1.29, 1.82) is 0 Å². The monoisotopic (exact) mass is 293 g/mol. The van der Waals surface area contributed by atoms with Gasteiger partial charge in [0.25, 0.3) is 0 Å². The molecule has 0 aliphatic carbocycles. The third-order valence-corrected chi connectivity index (χ3v) is 4.23. The van der Waals surface area contributed by atoms with Gasteiger partial charge in [0.1, 0.15) is 0 Å². The summed E-state index contributed by atoms with van der Waals surface area (Å²) in [6.45, 7) is 4.36. The molecule has 1 fully saturated rings. The van der Waals surface area contributed by atoms with E-state index >= 15 is 0 Å². The maximum atomic E-state index is 5.70. The Bertz CT molecular complexity index is 526. The maximum absolute atomic E-state index is 5.70. The molecule has 0 unspecified atom stereocenters. The summed E-state index contributed by atoms with van der Waals surface area (Å²) in [6, 6.07) is 6.04. The molecule has 1 aliphatic heterocycles. The van der Waals surface area contributed by atoms with Gasteiger partial charge < -0.3 is 19.5 Å². The molecular weight excluding hydrogens is 274 g/mol. The van der Waals surface area contributed by atoms with Gasteiger partial charge in [0, 0.05) is 32.2 Å². The molecule has 1 saturated heterocycles. The second kappa shape index (κ2) is 6.49. The highest BCUT2D eigenvalue weighted by Gasteiger charge is 2.17. The van der Waals surface area contributed by atoms with E-state index in [9.17, 15) is 0 Å². The van der Waals surface area contributed by atoms with Crippen LogP contribution in [-0.2, 0) is 11.3 Å². The van der Waals surface area contributed by atoms with Crippen LogP contribution in [-0.4, -0.2) is 49.4 Å². The summed E-state index contributed by atoms with van der Waals surface area (Å²) in [5.41, 5.74) is 0.928. The van der Waals surface area contributed by atoms with Crippen molar-refractivity contribution in [3.05, 3.63) is 29.3 Å². The first-order valence-electron chi connectivity index (χ1n) is 6.81. The molecule has 3 rings (SSSR count). The van der Waals surface area contributed by atoms with Crippen LogP contribution in [0.4, 0.5) is 0 Å². The van der Waals surface area contributed by atoms with E-state index in [0.717, 1.165) is 42.6 Å². The van der Waals surface area contributed by atoms with Gasteiger partial charge >= 0.3 is 0 Å². The number of morpholine rings is 1. The molecule has 2 aromatic heterocycles. The fourth-order valence-electron chi connectivity index (χ4n) is 2.28. The summed E-state index contributed by atoms with van der Waals surface area (Å²) in [7, 11) is 2.13. The Kier molecular flexibility index (Phi) is 4.47. The summed E-state index contributed by atoms with van der Waals surface area (Å²) in [4.78, 5) is 3.40. The van der Waals surface area contributed by atoms with Gasteiger partial charge in [0.05, 0.1) is 23.3 Å². The molecule has 0 radical (unpaired) electrons. The van der Waals surface area contributed by atoms with Gasteiger partial charge in [0.15, 0.2) is 5.76 Å². The quantitative estimate of drug-likeness (QED) is 0.911. The molecule has 1 atom stereocenters. The fraction of sp³-hybridized carbons (Fsp3) is 0.500. The summed E-state index contributed by atoms with van der Waals surface area (Å²) in [5.74, 6) is 0.838. The molecule has 108 valence electrons. The van der Waals surface area contributed by atoms with Gasteiger partial charge in [-0.15, -0.1) is 11.3 Å². The number of aromatic nitrogens is 1. The smallest absolute Gasteiger partial charge is 0.177 e. The molecule has 6 heteroatoms. The number of likely N-dealkylation sites (N-methyl/N-ethyl adjacent to an activating group) is 1. The number of nitrogens with zero attached hydrogens (tertiary/aromatic N) is 2. The number of thiophene rings is 1. The van der Waals surface area contributed by atoms with Crippen LogP contribution in [0.5, 0.6) is 0 Å². The predicted octanol–water partition coefficient (Wildman–Crippen LogP) is 1.82. The molecule has 0 aromatic carbocycles. The molecule has 1 aliphatic rings. The highest BCUT2D eigenvalue weighted by atomic mass is 32.1. The van der Waals surface area contributed by atoms with Crippen molar-refractivity contribution in [2.24, 2.45) is 0 Å². The molecule has 0 amide bonds. The number of rotatable bonds is 5. The van der Waals surface area contributed by atoms with E-state index in [1.54, 1.807) is 11.3 Å². The third kappa shape index (κ3) is 3.46. The zero-order valence-corrected chi connectivity index (χ0v) is 12.4. The van der Waals surface area contributed by atoms with Crippen molar-refractivity contribution in [3.8, 4) is 10.6 Å². The first-order valence-corrected chi connectivity index (χ1v) is 7.69. The topological polar surface area (TPSA) is 50.5 Å². The maximum Gasteiger partial charge on any atom is 0.177 e. The lowest BCUT2D eigenvalue weighted by molar-refractivity contribution is -0.0182. The third-order valence-electron chi connectivity index (χ3n) is 3.34. The second-order valence-corrected chi connectivity index (χ2v) is 5.99. The normalized spacial score (nSPS) is 20.4. The molecule has 0 spiro atoms. The van der Waals surface area contributed by atoms with Gasteiger partial charge in [0.2, 0.25) is 0 Å². The Morgan fingerprint density at radius 1 is 1.55 bits per heavy atom. The molecule has 0 saturated carbocycles. The van der Waals surface area contributed by atoms with Crippen molar-refractivity contribution in [2.75, 3.05) is 33.3 Å². The summed E-state index contributed by atoms with van der Waals surface area (Å²) in [5, 5.41) is 9.50. The highest BCUT2D eigenvalue weighted by Crippen LogP contribution is 2.24. The number of hydrogen-bond donors (Lipinski definition) is 1. The second-order valence-electron chi connectivity index (χ2n) is 5.05. The molecule has 20 heavy (non-hydrogen) atoms. The molecule has 0 bridgehead atoms. The van der Waals surface area contributed by atoms with Crippen LogP contribution >= 0.6 is 11.3 Å². The van der Waals surface area contributed by atoms with Gasteiger partial charge in [-0.3, -0.25) is 0 Å². The lowest BCUT2D eigenvalue weighted by atomic mass is 10.2. The molecule has 5 nitrogen and oxygen atoms in total. The van der Waals surface area contributed by atoms with Crippen molar-refractivity contribution in [1.82, 2.24) is 15.4 Å². The average molecular weight is 293 g/mol. The summed E-state index contributed by atoms with van der Waals surface area (Å²) >= 11 is 1.66. The minimum Gasteiger partial charge on any atom is -0.374 e. The Labute approximate surface area is 122 Å². The molecule has 2 aromatic rings. The number of ether oxygens (including phenoxy) is 1. The first kappa shape index (κ1) is 13.8. The lowest BCUT2D eigenvalue weighted by Gasteiger charge is -2.30. The fourth-order valence-corrected chi connectivity index (χ4v) is 2.95. The van der Waals surface area contributed by atoms with E-state index in [4.69, 9.17) is 9.26 Å². The van der Waals surface area contributed by atoms with Gasteiger partial charge in [-0.25, -0.2) is 0 Å². The van der Waals surface area contributed by atoms with Crippen LogP contribution in [0.15, 0.2) is 28.1 Å². The van der Waals surface area contributed by atoms with Crippen LogP contribution < -0.4 is 5.32 Å². The van der Waals surface area contributed by atoms with Crippen molar-refractivity contribution < 1.29 is 9.26 Å². The minimum absolute atomic E-state index is 0.261. The Hall–Kier alpha value is -1.21. The average Bonchev–Trinajstić information content (AvgIpc) is 3.09. The van der Waals surface area contributed by atoms with E-state index in [0.29, 0.717) is 6.54 Å². The predicted molar refractivity (Wildman–Crippen MR) is 78.8 cm³/mol. The Morgan fingerprint density at radius 3 is 3.30 bits per heavy atom. The molecule has 3 heterocycles. The largest absolute Gasteiger partial charge is 0.374 e. The first-order chi connectivity index (χ1) is 9.81. The Morgan fingerprint density at radius 2 is 2.50 bits per heavy atom. The van der Waals surface area contributed by atoms with Crippen molar-refractivity contribution in [3.63, 3.8) is 0 Å². The van der Waals surface area contributed by atoms with Crippen LogP contribution in [0.2, 0.25) is 0 Å². The van der Waals surface area contributed by atoms with Crippen LogP contribution in [0.1, 0.15) is 5.69 Å². The van der Waals surface area contributed by atoms with Crippen LogP contribution in [0, 0.1) is 0 Å². The van der Waals surface area contributed by atoms with Crippen LogP contribution in [0.3, 0.4) is 0 Å². The summed E-state index contributed by atoms with van der Waals surface area (Å²) < 4.78 is 11.1. The highest BCUT2D eigenvalue weighted by molar-refractivity contribution is 7.13. The summed E-state index contributed by atoms with van der Waals surface area (Å²) in [6.07, 6.45) is 0.261. The number of hydrogen-bond acceptors (Lipinski definition) is 6. The Balaban J connectivity index is 1.47. The number of nitrogens with one attached hydrogen (secondary N) is 1.